The van der Waals surface area contributed by atoms with Gasteiger partial charge in [0.2, 0.25) is 17.7 Å². The van der Waals surface area contributed by atoms with Crippen molar-refractivity contribution in [2.75, 3.05) is 12.0 Å². The highest BCUT2D eigenvalue weighted by Gasteiger charge is 2.31. The molecule has 0 aliphatic carbocycles. The predicted octanol–water partition coefficient (Wildman–Crippen LogP) is 0.261. The molecule has 0 spiro atoms. The van der Waals surface area contributed by atoms with Crippen molar-refractivity contribution in [1.82, 2.24) is 40.9 Å². The fourth-order valence-corrected chi connectivity index (χ4v) is 5.06. The minimum Gasteiger partial charge on any atom is -0.480 e. The number of aromatic amines is 3. The van der Waals surface area contributed by atoms with Crippen LogP contribution in [0, 0.1) is 0 Å². The number of nitrogens with one attached hydrogen (secondary N) is 6. The number of carboxylic acid groups (broad SMARTS) is 1. The van der Waals surface area contributed by atoms with Crippen LogP contribution in [0.25, 0.3) is 10.9 Å². The lowest BCUT2D eigenvalue weighted by Gasteiger charge is -2.25. The summed E-state index contributed by atoms with van der Waals surface area (Å²) < 4.78 is 0. The smallest absolute Gasteiger partial charge is 0.326 e. The third-order valence-corrected chi connectivity index (χ3v) is 7.55. The monoisotopic (exact) mass is 609 g/mol. The minimum atomic E-state index is -1.29. The number of fused-ring (bicyclic) bond motifs is 1. The summed E-state index contributed by atoms with van der Waals surface area (Å²) in [6.45, 7) is 0. The molecule has 14 nitrogen and oxygen atoms in total. The summed E-state index contributed by atoms with van der Waals surface area (Å²) in [5.41, 5.74) is 8.73. The van der Waals surface area contributed by atoms with Crippen LogP contribution in [0.15, 0.2) is 55.5 Å². The summed E-state index contributed by atoms with van der Waals surface area (Å²) in [4.78, 5) is 69.0. The third kappa shape index (κ3) is 8.68. The first-order valence-electron chi connectivity index (χ1n) is 13.6. The second-order valence-corrected chi connectivity index (χ2v) is 11.0. The molecule has 9 N–H and O–H groups in total. The van der Waals surface area contributed by atoms with Crippen LogP contribution in [0.5, 0.6) is 0 Å². The molecule has 4 unspecified atom stereocenters. The van der Waals surface area contributed by atoms with Crippen molar-refractivity contribution in [3.8, 4) is 0 Å². The van der Waals surface area contributed by atoms with Gasteiger partial charge in [-0.25, -0.2) is 14.8 Å². The molecule has 3 aromatic heterocycles. The number of nitrogens with two attached hydrogens (primary N) is 1. The van der Waals surface area contributed by atoms with Gasteiger partial charge in [0.05, 0.1) is 18.7 Å². The SMILES string of the molecule is CSCCC(N)C(=O)NC(Cc1cnc[nH]1)C(=O)NC(Cc1c[nH]c2ccccc12)C(=O)NC(Cc1cnc[nH]1)C(=O)O. The Labute approximate surface area is 251 Å². The number of aliphatic carboxylic acids is 1. The van der Waals surface area contributed by atoms with Gasteiger partial charge in [0, 0.05) is 60.1 Å². The number of carbonyl (C=O) groups is 4. The van der Waals surface area contributed by atoms with Gasteiger partial charge in [0.15, 0.2) is 0 Å². The van der Waals surface area contributed by atoms with Gasteiger partial charge in [-0.1, -0.05) is 18.2 Å². The number of amides is 3. The number of hydrogen-bond donors (Lipinski definition) is 8. The van der Waals surface area contributed by atoms with E-state index in [1.807, 2.05) is 30.5 Å². The summed E-state index contributed by atoms with van der Waals surface area (Å²) in [7, 11) is 0. The van der Waals surface area contributed by atoms with E-state index in [0.29, 0.717) is 23.6 Å². The number of aromatic nitrogens is 5. The Bertz CT molecular complexity index is 1510. The molecule has 43 heavy (non-hydrogen) atoms. The van der Waals surface area contributed by atoms with Crippen LogP contribution in [0.1, 0.15) is 23.4 Å². The number of H-pyrrole nitrogens is 3. The predicted molar refractivity (Wildman–Crippen MR) is 161 cm³/mol. The van der Waals surface area contributed by atoms with E-state index in [-0.39, 0.29) is 19.3 Å². The van der Waals surface area contributed by atoms with Crippen molar-refractivity contribution in [2.45, 2.75) is 49.9 Å². The number of nitrogens with zero attached hydrogens (tertiary/aromatic N) is 2. The Balaban J connectivity index is 1.57. The molecule has 3 amide bonds. The average Bonchev–Trinajstić information content (AvgIpc) is 3.78. The van der Waals surface area contributed by atoms with Crippen LogP contribution >= 0.6 is 11.8 Å². The fourth-order valence-electron chi connectivity index (χ4n) is 4.57. The van der Waals surface area contributed by atoms with Crippen LogP contribution in [-0.4, -0.2) is 89.9 Å². The van der Waals surface area contributed by atoms with Crippen molar-refractivity contribution < 1.29 is 24.3 Å². The maximum Gasteiger partial charge on any atom is 0.326 e. The molecule has 0 aliphatic rings. The molecular formula is C28H35N9O5S. The van der Waals surface area contributed by atoms with Crippen LogP contribution < -0.4 is 21.7 Å². The Morgan fingerprint density at radius 2 is 1.44 bits per heavy atom. The zero-order valence-electron chi connectivity index (χ0n) is 23.5. The van der Waals surface area contributed by atoms with Crippen molar-refractivity contribution in [3.05, 3.63) is 72.5 Å². The molecule has 228 valence electrons. The van der Waals surface area contributed by atoms with Gasteiger partial charge >= 0.3 is 5.97 Å². The summed E-state index contributed by atoms with van der Waals surface area (Å²) in [6, 6.07) is 3.11. The number of thioether (sulfide) groups is 1. The number of hydrogen-bond acceptors (Lipinski definition) is 8. The molecule has 4 atom stereocenters. The summed E-state index contributed by atoms with van der Waals surface area (Å²) in [5, 5.41) is 18.7. The molecule has 4 rings (SSSR count). The highest BCUT2D eigenvalue weighted by molar-refractivity contribution is 7.98. The van der Waals surface area contributed by atoms with Gasteiger partial charge in [-0.15, -0.1) is 0 Å². The number of para-hydroxylation sites is 1. The molecule has 1 aromatic carbocycles. The first-order valence-corrected chi connectivity index (χ1v) is 15.0. The van der Waals surface area contributed by atoms with Gasteiger partial charge in [0.1, 0.15) is 18.1 Å². The lowest BCUT2D eigenvalue weighted by molar-refractivity contribution is -0.142. The maximum absolute atomic E-state index is 13.7. The number of rotatable bonds is 16. The van der Waals surface area contributed by atoms with Crippen LogP contribution in [0.3, 0.4) is 0 Å². The van der Waals surface area contributed by atoms with Gasteiger partial charge in [-0.05, 0) is 30.1 Å². The second kappa shape index (κ2) is 15.0. The standard InChI is InChI=1S/C28H35N9O5S/c1-43-7-6-20(29)25(38)35-23(9-17-12-30-14-33-17)27(40)36-22(8-16-11-32-21-5-3-2-4-19(16)21)26(39)37-24(28(41)42)10-18-13-31-15-34-18/h2-5,11-15,20,22-24,32H,6-10,29H2,1H3,(H,30,33)(H,31,34)(H,35,38)(H,36,40)(H,37,39)(H,41,42). The van der Waals surface area contributed by atoms with Crippen molar-refractivity contribution in [3.63, 3.8) is 0 Å². The topological polar surface area (TPSA) is 224 Å². The van der Waals surface area contributed by atoms with Gasteiger partial charge in [-0.2, -0.15) is 11.8 Å². The maximum atomic E-state index is 13.7. The van der Waals surface area contributed by atoms with E-state index in [9.17, 15) is 24.3 Å². The Hall–Kier alpha value is -4.63. The fraction of sp³-hybridized carbons (Fsp3) is 0.357. The lowest BCUT2D eigenvalue weighted by atomic mass is 10.0. The van der Waals surface area contributed by atoms with Gasteiger partial charge < -0.3 is 41.7 Å². The summed E-state index contributed by atoms with van der Waals surface area (Å²) >= 11 is 1.55. The highest BCUT2D eigenvalue weighted by atomic mass is 32.2. The molecule has 0 fully saturated rings. The lowest BCUT2D eigenvalue weighted by Crippen LogP contribution is -2.58. The van der Waals surface area contributed by atoms with Crippen LogP contribution in [-0.2, 0) is 38.4 Å². The molecule has 0 saturated carbocycles. The molecule has 3 heterocycles. The quantitative estimate of drug-likeness (QED) is 0.0871. The first kappa shape index (κ1) is 31.3. The van der Waals surface area contributed by atoms with Crippen molar-refractivity contribution in [2.24, 2.45) is 5.73 Å². The third-order valence-electron chi connectivity index (χ3n) is 6.91. The highest BCUT2D eigenvalue weighted by Crippen LogP contribution is 2.19. The van der Waals surface area contributed by atoms with E-state index in [1.54, 1.807) is 18.0 Å². The van der Waals surface area contributed by atoms with E-state index >= 15 is 0 Å². The second-order valence-electron chi connectivity index (χ2n) is 10.0. The average molecular weight is 610 g/mol. The number of imidazole rings is 2. The molecule has 15 heteroatoms. The Kier molecular flexibility index (Phi) is 10.9. The molecular weight excluding hydrogens is 574 g/mol. The van der Waals surface area contributed by atoms with Gasteiger partial charge in [-0.3, -0.25) is 14.4 Å². The normalized spacial score (nSPS) is 14.0. The van der Waals surface area contributed by atoms with E-state index in [1.165, 1.54) is 25.0 Å². The summed E-state index contributed by atoms with van der Waals surface area (Å²) in [6.07, 6.45) is 10.0. The Morgan fingerprint density at radius 3 is 2.05 bits per heavy atom. The van der Waals surface area contributed by atoms with E-state index in [4.69, 9.17) is 5.73 Å². The van der Waals surface area contributed by atoms with Crippen LogP contribution in [0.4, 0.5) is 0 Å². The minimum absolute atomic E-state index is 0.0404. The first-order chi connectivity index (χ1) is 20.7. The number of benzene rings is 1. The zero-order chi connectivity index (χ0) is 30.8. The largest absolute Gasteiger partial charge is 0.480 e. The molecule has 0 aliphatic heterocycles. The van der Waals surface area contributed by atoms with E-state index < -0.39 is 47.9 Å². The Morgan fingerprint density at radius 1 is 0.860 bits per heavy atom. The van der Waals surface area contributed by atoms with Crippen molar-refractivity contribution >= 4 is 46.4 Å². The van der Waals surface area contributed by atoms with Crippen LogP contribution in [0.2, 0.25) is 0 Å². The molecule has 0 bridgehead atoms. The summed E-state index contributed by atoms with van der Waals surface area (Å²) in [5.74, 6) is -2.42. The van der Waals surface area contributed by atoms with Gasteiger partial charge in [0.25, 0.3) is 0 Å². The number of carboxylic acids is 1. The van der Waals surface area contributed by atoms with Crippen molar-refractivity contribution in [1.29, 1.82) is 0 Å². The molecule has 4 aromatic rings. The van der Waals surface area contributed by atoms with E-state index in [0.717, 1.165) is 16.5 Å². The molecule has 0 saturated heterocycles. The molecule has 0 radical (unpaired) electrons. The number of carbonyl (C=O) groups excluding carboxylic acids is 3. The zero-order valence-corrected chi connectivity index (χ0v) is 24.3. The van der Waals surface area contributed by atoms with E-state index in [2.05, 4.69) is 40.9 Å².